The third kappa shape index (κ3) is 3.88. The second-order valence-corrected chi connectivity index (χ2v) is 6.65. The topological polar surface area (TPSA) is 48.0 Å². The highest BCUT2D eigenvalue weighted by atomic mass is 35.5. The van der Waals surface area contributed by atoms with Gasteiger partial charge in [0.2, 0.25) is 0 Å². The number of fused-ring (bicyclic) bond motifs is 1. The fourth-order valence-electron chi connectivity index (χ4n) is 3.04. The van der Waals surface area contributed by atoms with Gasteiger partial charge in [-0.15, -0.1) is 0 Å². The van der Waals surface area contributed by atoms with E-state index in [1.54, 1.807) is 31.3 Å². The molecular formula is C20H22ClNO4. The van der Waals surface area contributed by atoms with Crippen molar-refractivity contribution in [2.24, 2.45) is 0 Å². The van der Waals surface area contributed by atoms with Crippen LogP contribution in [0.15, 0.2) is 30.3 Å². The first-order chi connectivity index (χ1) is 12.5. The highest BCUT2D eigenvalue weighted by molar-refractivity contribution is 6.31. The molecule has 3 rings (SSSR count). The van der Waals surface area contributed by atoms with Crippen molar-refractivity contribution in [2.75, 3.05) is 27.4 Å². The van der Waals surface area contributed by atoms with Crippen LogP contribution in [0.25, 0.3) is 0 Å². The molecule has 6 heteroatoms. The standard InChI is InChI=1S/C20H22ClNO4/c1-13-8-16(4-5-17(13)21)26-12-20(23)22-7-6-14-9-18(24-2)19(25-3)10-15(14)11-22/h4-5,8-10H,6-7,11-12H2,1-3H3. The van der Waals surface area contributed by atoms with Gasteiger partial charge in [0.25, 0.3) is 5.91 Å². The van der Waals surface area contributed by atoms with E-state index in [-0.39, 0.29) is 12.5 Å². The Morgan fingerprint density at radius 2 is 1.81 bits per heavy atom. The molecule has 26 heavy (non-hydrogen) atoms. The summed E-state index contributed by atoms with van der Waals surface area (Å²) >= 11 is 6.01. The van der Waals surface area contributed by atoms with Crippen LogP contribution in [-0.2, 0) is 17.8 Å². The maximum absolute atomic E-state index is 12.5. The lowest BCUT2D eigenvalue weighted by molar-refractivity contribution is -0.134. The Morgan fingerprint density at radius 3 is 2.46 bits per heavy atom. The van der Waals surface area contributed by atoms with Gasteiger partial charge < -0.3 is 19.1 Å². The zero-order valence-corrected chi connectivity index (χ0v) is 15.9. The minimum Gasteiger partial charge on any atom is -0.493 e. The molecule has 0 radical (unpaired) electrons. The number of rotatable bonds is 5. The Kier molecular flexibility index (Phi) is 5.57. The van der Waals surface area contributed by atoms with E-state index >= 15 is 0 Å². The van der Waals surface area contributed by atoms with Gasteiger partial charge in [0, 0.05) is 18.1 Å². The summed E-state index contributed by atoms with van der Waals surface area (Å²) in [5.74, 6) is 1.99. The van der Waals surface area contributed by atoms with Crippen molar-refractivity contribution in [3.63, 3.8) is 0 Å². The minimum absolute atomic E-state index is 0.00367. The van der Waals surface area contributed by atoms with Crippen LogP contribution in [0.2, 0.25) is 5.02 Å². The van der Waals surface area contributed by atoms with Crippen LogP contribution in [0.1, 0.15) is 16.7 Å². The summed E-state index contributed by atoms with van der Waals surface area (Å²) in [5, 5.41) is 0.681. The summed E-state index contributed by atoms with van der Waals surface area (Å²) in [6.45, 7) is 3.10. The molecule has 0 unspecified atom stereocenters. The molecular weight excluding hydrogens is 354 g/mol. The monoisotopic (exact) mass is 375 g/mol. The summed E-state index contributed by atoms with van der Waals surface area (Å²) in [4.78, 5) is 14.3. The maximum Gasteiger partial charge on any atom is 0.260 e. The summed E-state index contributed by atoms with van der Waals surface area (Å²) in [7, 11) is 3.23. The number of halogens is 1. The molecule has 0 saturated carbocycles. The van der Waals surface area contributed by atoms with Crippen molar-refractivity contribution in [1.29, 1.82) is 0 Å². The fourth-order valence-corrected chi connectivity index (χ4v) is 3.16. The number of hydrogen-bond donors (Lipinski definition) is 0. The Bertz CT molecular complexity index is 822. The van der Waals surface area contributed by atoms with Crippen LogP contribution in [0.4, 0.5) is 0 Å². The fraction of sp³-hybridized carbons (Fsp3) is 0.350. The summed E-state index contributed by atoms with van der Waals surface area (Å²) in [6, 6.07) is 9.30. The molecule has 5 nitrogen and oxygen atoms in total. The van der Waals surface area contributed by atoms with Gasteiger partial charge in [0.1, 0.15) is 5.75 Å². The number of methoxy groups -OCH3 is 2. The largest absolute Gasteiger partial charge is 0.493 e. The molecule has 2 aromatic rings. The van der Waals surface area contributed by atoms with Gasteiger partial charge in [-0.25, -0.2) is 0 Å². The molecule has 2 aromatic carbocycles. The summed E-state index contributed by atoms with van der Waals surface area (Å²) in [5.41, 5.74) is 3.18. The van der Waals surface area contributed by atoms with Crippen LogP contribution in [0.3, 0.4) is 0 Å². The molecule has 0 saturated heterocycles. The van der Waals surface area contributed by atoms with Gasteiger partial charge in [-0.05, 0) is 60.4 Å². The summed E-state index contributed by atoms with van der Waals surface area (Å²) < 4.78 is 16.3. The molecule has 0 bridgehead atoms. The molecule has 0 aliphatic carbocycles. The number of ether oxygens (including phenoxy) is 3. The molecule has 1 amide bonds. The number of amides is 1. The van der Waals surface area contributed by atoms with Crippen LogP contribution < -0.4 is 14.2 Å². The average molecular weight is 376 g/mol. The number of nitrogens with zero attached hydrogens (tertiary/aromatic N) is 1. The molecule has 0 N–H and O–H groups in total. The molecule has 138 valence electrons. The minimum atomic E-state index is -0.0435. The van der Waals surface area contributed by atoms with E-state index in [0.29, 0.717) is 35.4 Å². The normalized spacial score (nSPS) is 13.2. The van der Waals surface area contributed by atoms with Gasteiger partial charge in [0.05, 0.1) is 14.2 Å². The van der Waals surface area contributed by atoms with Crippen molar-refractivity contribution in [3.8, 4) is 17.2 Å². The van der Waals surface area contributed by atoms with Crippen molar-refractivity contribution >= 4 is 17.5 Å². The second-order valence-electron chi connectivity index (χ2n) is 6.24. The first kappa shape index (κ1) is 18.4. The highest BCUT2D eigenvalue weighted by Gasteiger charge is 2.23. The molecule has 0 fully saturated rings. The van der Waals surface area contributed by atoms with Crippen LogP contribution >= 0.6 is 11.6 Å². The van der Waals surface area contributed by atoms with Crippen LogP contribution in [0.5, 0.6) is 17.2 Å². The van der Waals surface area contributed by atoms with Crippen molar-refractivity contribution < 1.29 is 19.0 Å². The van der Waals surface area contributed by atoms with Gasteiger partial charge in [-0.2, -0.15) is 0 Å². The smallest absolute Gasteiger partial charge is 0.260 e. The van der Waals surface area contributed by atoms with Crippen molar-refractivity contribution in [2.45, 2.75) is 19.9 Å². The zero-order valence-electron chi connectivity index (χ0n) is 15.2. The van der Waals surface area contributed by atoms with Crippen molar-refractivity contribution in [3.05, 3.63) is 52.0 Å². The molecule has 0 aromatic heterocycles. The van der Waals surface area contributed by atoms with Crippen LogP contribution in [-0.4, -0.2) is 38.2 Å². The van der Waals surface area contributed by atoms with E-state index in [1.165, 1.54) is 5.56 Å². The Balaban J connectivity index is 1.66. The van der Waals surface area contributed by atoms with E-state index in [1.807, 2.05) is 25.1 Å². The Morgan fingerprint density at radius 1 is 1.12 bits per heavy atom. The quantitative estimate of drug-likeness (QED) is 0.800. The Hall–Kier alpha value is -2.40. The van der Waals surface area contributed by atoms with Gasteiger partial charge >= 0.3 is 0 Å². The summed E-state index contributed by atoms with van der Waals surface area (Å²) in [6.07, 6.45) is 0.779. The van der Waals surface area contributed by atoms with Crippen LogP contribution in [0, 0.1) is 6.92 Å². The zero-order chi connectivity index (χ0) is 18.7. The van der Waals surface area contributed by atoms with Crippen molar-refractivity contribution in [1.82, 2.24) is 4.90 Å². The van der Waals surface area contributed by atoms with E-state index in [4.69, 9.17) is 25.8 Å². The highest BCUT2D eigenvalue weighted by Crippen LogP contribution is 2.33. The SMILES string of the molecule is COc1cc2c(cc1OC)CN(C(=O)COc1ccc(Cl)c(C)c1)CC2. The first-order valence-corrected chi connectivity index (χ1v) is 8.80. The lowest BCUT2D eigenvalue weighted by atomic mass is 9.99. The lowest BCUT2D eigenvalue weighted by Gasteiger charge is -2.29. The molecule has 1 aliphatic rings. The lowest BCUT2D eigenvalue weighted by Crippen LogP contribution is -2.38. The van der Waals surface area contributed by atoms with Gasteiger partial charge in [0.15, 0.2) is 18.1 Å². The maximum atomic E-state index is 12.5. The first-order valence-electron chi connectivity index (χ1n) is 8.42. The van der Waals surface area contributed by atoms with E-state index in [0.717, 1.165) is 17.5 Å². The van der Waals surface area contributed by atoms with E-state index in [2.05, 4.69) is 0 Å². The molecule has 1 aliphatic heterocycles. The molecule has 0 spiro atoms. The molecule has 0 atom stereocenters. The number of carbonyl (C=O) groups is 1. The second kappa shape index (κ2) is 7.87. The van der Waals surface area contributed by atoms with E-state index < -0.39 is 0 Å². The van der Waals surface area contributed by atoms with Gasteiger partial charge in [-0.1, -0.05) is 11.6 Å². The Labute approximate surface area is 158 Å². The predicted molar refractivity (Wildman–Crippen MR) is 100 cm³/mol. The average Bonchev–Trinajstić information content (AvgIpc) is 2.66. The predicted octanol–water partition coefficient (Wildman–Crippen LogP) is 3.63. The number of aryl methyl sites for hydroxylation is 1. The number of benzene rings is 2. The molecule has 1 heterocycles. The number of carbonyl (C=O) groups excluding carboxylic acids is 1. The van der Waals surface area contributed by atoms with E-state index in [9.17, 15) is 4.79 Å². The van der Waals surface area contributed by atoms with Gasteiger partial charge in [-0.3, -0.25) is 4.79 Å². The number of hydrogen-bond acceptors (Lipinski definition) is 4. The third-order valence-corrected chi connectivity index (χ3v) is 4.99. The third-order valence-electron chi connectivity index (χ3n) is 4.56.